The van der Waals surface area contributed by atoms with E-state index >= 15 is 0 Å². The number of aliphatic hydroxyl groups is 1. The summed E-state index contributed by atoms with van der Waals surface area (Å²) in [5, 5.41) is 12.7. The van der Waals surface area contributed by atoms with Gasteiger partial charge in [0.1, 0.15) is 0 Å². The number of hydrogen-bond acceptors (Lipinski definition) is 2. The molecule has 2 nitrogen and oxygen atoms in total. The van der Waals surface area contributed by atoms with Crippen LogP contribution in [0.3, 0.4) is 0 Å². The van der Waals surface area contributed by atoms with Crippen LogP contribution in [0, 0.1) is 11.8 Å². The van der Waals surface area contributed by atoms with E-state index in [1.165, 1.54) is 25.7 Å². The van der Waals surface area contributed by atoms with Crippen LogP contribution in [-0.2, 0) is 0 Å². The van der Waals surface area contributed by atoms with Gasteiger partial charge in [0.2, 0.25) is 0 Å². The Labute approximate surface area is 68.0 Å². The van der Waals surface area contributed by atoms with Gasteiger partial charge in [-0.05, 0) is 18.3 Å². The summed E-state index contributed by atoms with van der Waals surface area (Å²) >= 11 is 0. The van der Waals surface area contributed by atoms with E-state index < -0.39 is 0 Å². The molecule has 1 saturated heterocycles. The smallest absolute Gasteiger partial charge is 0.0704 e. The van der Waals surface area contributed by atoms with Gasteiger partial charge in [-0.25, -0.2) is 0 Å². The Bertz CT molecular complexity index is 134. The monoisotopic (exact) mass is 155 g/mol. The molecular formula is C9H17NO. The summed E-state index contributed by atoms with van der Waals surface area (Å²) in [6.07, 6.45) is 5.41. The first-order valence-electron chi connectivity index (χ1n) is 4.75. The summed E-state index contributed by atoms with van der Waals surface area (Å²) in [4.78, 5) is 0. The molecule has 0 radical (unpaired) electrons. The Morgan fingerprint density at radius 1 is 1.18 bits per heavy atom. The van der Waals surface area contributed by atoms with Crippen molar-refractivity contribution in [3.05, 3.63) is 0 Å². The van der Waals surface area contributed by atoms with Crippen molar-refractivity contribution >= 4 is 0 Å². The molecule has 64 valence electrons. The molecule has 2 rings (SSSR count). The number of nitrogens with one attached hydrogen (secondary N) is 1. The van der Waals surface area contributed by atoms with E-state index in [9.17, 15) is 5.11 Å². The maximum atomic E-state index is 9.46. The fourth-order valence-corrected chi connectivity index (χ4v) is 1.87. The Morgan fingerprint density at radius 3 is 2.55 bits per heavy atom. The molecule has 1 heterocycles. The highest BCUT2D eigenvalue weighted by atomic mass is 16.3. The standard InChI is InChI=1S/C9H17NO/c11-9-6-10-5-8(9)4-3-7-1-2-7/h7-11H,1-6H2/t8-,9-/m1/s1. The quantitative estimate of drug-likeness (QED) is 0.630. The normalized spacial score (nSPS) is 37.9. The molecule has 0 amide bonds. The van der Waals surface area contributed by atoms with Gasteiger partial charge in [-0.3, -0.25) is 0 Å². The lowest BCUT2D eigenvalue weighted by atomic mass is 9.98. The van der Waals surface area contributed by atoms with Gasteiger partial charge in [-0.2, -0.15) is 0 Å². The van der Waals surface area contributed by atoms with Crippen molar-refractivity contribution in [1.29, 1.82) is 0 Å². The van der Waals surface area contributed by atoms with Crippen LogP contribution in [0.4, 0.5) is 0 Å². The van der Waals surface area contributed by atoms with Gasteiger partial charge in [-0.1, -0.05) is 19.3 Å². The van der Waals surface area contributed by atoms with E-state index in [2.05, 4.69) is 5.32 Å². The van der Waals surface area contributed by atoms with Crippen molar-refractivity contribution < 1.29 is 5.11 Å². The molecule has 0 aromatic carbocycles. The molecule has 0 unspecified atom stereocenters. The SMILES string of the molecule is O[C@@H]1CNC[C@H]1CCC1CC1. The molecule has 1 aliphatic heterocycles. The van der Waals surface area contributed by atoms with E-state index in [0.29, 0.717) is 5.92 Å². The molecule has 0 aromatic rings. The van der Waals surface area contributed by atoms with E-state index in [1.54, 1.807) is 0 Å². The molecule has 1 aliphatic carbocycles. The lowest BCUT2D eigenvalue weighted by Crippen LogP contribution is -2.17. The average molecular weight is 155 g/mol. The fourth-order valence-electron chi connectivity index (χ4n) is 1.87. The Kier molecular flexibility index (Phi) is 2.14. The highest BCUT2D eigenvalue weighted by molar-refractivity contribution is 4.82. The van der Waals surface area contributed by atoms with Crippen molar-refractivity contribution in [1.82, 2.24) is 5.32 Å². The van der Waals surface area contributed by atoms with Gasteiger partial charge in [0.15, 0.2) is 0 Å². The summed E-state index contributed by atoms with van der Waals surface area (Å²) in [5.74, 6) is 1.57. The molecule has 2 fully saturated rings. The molecule has 2 heteroatoms. The second-order valence-electron chi connectivity index (χ2n) is 4.01. The van der Waals surface area contributed by atoms with Crippen molar-refractivity contribution in [2.45, 2.75) is 31.8 Å². The first-order valence-corrected chi connectivity index (χ1v) is 4.75. The molecule has 0 aromatic heterocycles. The van der Waals surface area contributed by atoms with Crippen LogP contribution in [0.1, 0.15) is 25.7 Å². The molecule has 11 heavy (non-hydrogen) atoms. The van der Waals surface area contributed by atoms with Crippen LogP contribution in [0.15, 0.2) is 0 Å². The maximum absolute atomic E-state index is 9.46. The fraction of sp³-hybridized carbons (Fsp3) is 1.00. The average Bonchev–Trinajstić information content (AvgIpc) is 2.73. The van der Waals surface area contributed by atoms with Crippen molar-refractivity contribution in [3.8, 4) is 0 Å². The summed E-state index contributed by atoms with van der Waals surface area (Å²) in [6.45, 7) is 1.85. The van der Waals surface area contributed by atoms with Crippen LogP contribution >= 0.6 is 0 Å². The molecule has 0 spiro atoms. The van der Waals surface area contributed by atoms with Crippen LogP contribution in [0.2, 0.25) is 0 Å². The highest BCUT2D eigenvalue weighted by Crippen LogP contribution is 2.35. The van der Waals surface area contributed by atoms with E-state index in [0.717, 1.165) is 19.0 Å². The third kappa shape index (κ3) is 1.94. The van der Waals surface area contributed by atoms with Gasteiger partial charge in [0.25, 0.3) is 0 Å². The predicted molar refractivity (Wildman–Crippen MR) is 44.3 cm³/mol. The van der Waals surface area contributed by atoms with Gasteiger partial charge in [0, 0.05) is 13.1 Å². The second-order valence-corrected chi connectivity index (χ2v) is 4.01. The third-order valence-electron chi connectivity index (χ3n) is 2.95. The second kappa shape index (κ2) is 3.11. The minimum absolute atomic E-state index is 0.0613. The highest BCUT2D eigenvalue weighted by Gasteiger charge is 2.28. The Balaban J connectivity index is 1.67. The number of rotatable bonds is 3. The molecule has 2 N–H and O–H groups in total. The van der Waals surface area contributed by atoms with Gasteiger partial charge in [0.05, 0.1) is 6.10 Å². The van der Waals surface area contributed by atoms with Gasteiger partial charge >= 0.3 is 0 Å². The van der Waals surface area contributed by atoms with Crippen LogP contribution in [0.5, 0.6) is 0 Å². The zero-order chi connectivity index (χ0) is 7.68. The zero-order valence-corrected chi connectivity index (χ0v) is 6.92. The summed E-state index contributed by atoms with van der Waals surface area (Å²) < 4.78 is 0. The third-order valence-corrected chi connectivity index (χ3v) is 2.95. The van der Waals surface area contributed by atoms with Crippen molar-refractivity contribution in [3.63, 3.8) is 0 Å². The topological polar surface area (TPSA) is 32.3 Å². The molecule has 1 saturated carbocycles. The van der Waals surface area contributed by atoms with E-state index in [-0.39, 0.29) is 6.10 Å². The summed E-state index contributed by atoms with van der Waals surface area (Å²) in [5.41, 5.74) is 0. The van der Waals surface area contributed by atoms with E-state index in [1.807, 2.05) is 0 Å². The van der Waals surface area contributed by atoms with Gasteiger partial charge in [-0.15, -0.1) is 0 Å². The first-order chi connectivity index (χ1) is 5.36. The van der Waals surface area contributed by atoms with Crippen molar-refractivity contribution in [2.75, 3.05) is 13.1 Å². The molecule has 2 atom stereocenters. The minimum Gasteiger partial charge on any atom is -0.391 e. The Hall–Kier alpha value is -0.0800. The van der Waals surface area contributed by atoms with Gasteiger partial charge < -0.3 is 10.4 Å². The lowest BCUT2D eigenvalue weighted by molar-refractivity contribution is 0.141. The predicted octanol–water partition coefficient (Wildman–Crippen LogP) is 0.757. The van der Waals surface area contributed by atoms with Crippen molar-refractivity contribution in [2.24, 2.45) is 11.8 Å². The van der Waals surface area contributed by atoms with E-state index in [4.69, 9.17) is 0 Å². The largest absolute Gasteiger partial charge is 0.391 e. The van der Waals surface area contributed by atoms with Crippen LogP contribution in [0.25, 0.3) is 0 Å². The molecule has 2 aliphatic rings. The summed E-state index contributed by atoms with van der Waals surface area (Å²) in [7, 11) is 0. The minimum atomic E-state index is -0.0613. The number of aliphatic hydroxyl groups excluding tert-OH is 1. The number of hydrogen-bond donors (Lipinski definition) is 2. The Morgan fingerprint density at radius 2 is 2.00 bits per heavy atom. The first kappa shape index (κ1) is 7.56. The summed E-state index contributed by atoms with van der Waals surface area (Å²) in [6, 6.07) is 0. The molecule has 0 bridgehead atoms. The maximum Gasteiger partial charge on any atom is 0.0704 e. The lowest BCUT2D eigenvalue weighted by Gasteiger charge is -2.11. The molecular weight excluding hydrogens is 138 g/mol. The van der Waals surface area contributed by atoms with Crippen LogP contribution in [-0.4, -0.2) is 24.3 Å². The zero-order valence-electron chi connectivity index (χ0n) is 6.92. The van der Waals surface area contributed by atoms with Crippen LogP contribution < -0.4 is 5.32 Å². The number of β-amino-alcohol motifs (C(OH)–C–C–N with tert-alkyl or cyclic N) is 1.